The number of benzene rings is 1. The summed E-state index contributed by atoms with van der Waals surface area (Å²) in [5.41, 5.74) is 3.25. The molecule has 2 aromatic heterocycles. The van der Waals surface area contributed by atoms with Crippen LogP contribution in [0.1, 0.15) is 53.6 Å². The number of likely N-dealkylation sites (tertiary alicyclic amines) is 1. The molecule has 2 amide bonds. The minimum atomic E-state index is -0.118. The van der Waals surface area contributed by atoms with E-state index in [1.165, 1.54) is 16.9 Å². The molecule has 0 aliphatic carbocycles. The summed E-state index contributed by atoms with van der Waals surface area (Å²) in [7, 11) is 0. The maximum absolute atomic E-state index is 12.7. The van der Waals surface area contributed by atoms with Crippen LogP contribution in [0.15, 0.2) is 60.2 Å². The van der Waals surface area contributed by atoms with E-state index < -0.39 is 0 Å². The van der Waals surface area contributed by atoms with E-state index in [4.69, 9.17) is 0 Å². The average molecular weight is 435 g/mol. The minimum Gasteiger partial charge on any atom is -0.350 e. The predicted molar refractivity (Wildman–Crippen MR) is 120 cm³/mol. The van der Waals surface area contributed by atoms with Crippen molar-refractivity contribution in [2.45, 2.75) is 44.7 Å². The molecule has 1 aliphatic heterocycles. The molecule has 1 saturated heterocycles. The van der Waals surface area contributed by atoms with Gasteiger partial charge in [-0.3, -0.25) is 14.6 Å². The van der Waals surface area contributed by atoms with Crippen molar-refractivity contribution >= 4 is 23.2 Å². The van der Waals surface area contributed by atoms with Crippen molar-refractivity contribution < 1.29 is 9.59 Å². The third kappa shape index (κ3) is 5.76. The second-order valence-electron chi connectivity index (χ2n) is 7.70. The monoisotopic (exact) mass is 434 g/mol. The number of thiazole rings is 1. The van der Waals surface area contributed by atoms with Crippen molar-refractivity contribution in [1.82, 2.24) is 20.2 Å². The van der Waals surface area contributed by atoms with Gasteiger partial charge in [0, 0.05) is 43.6 Å². The average Bonchev–Trinajstić information content (AvgIpc) is 3.47. The van der Waals surface area contributed by atoms with Crippen LogP contribution < -0.4 is 5.32 Å². The molecule has 1 N–H and O–H groups in total. The Labute approximate surface area is 186 Å². The second-order valence-corrected chi connectivity index (χ2v) is 8.65. The fourth-order valence-corrected chi connectivity index (χ4v) is 4.67. The summed E-state index contributed by atoms with van der Waals surface area (Å²) in [5, 5.41) is 5.76. The maximum Gasteiger partial charge on any atom is 0.223 e. The van der Waals surface area contributed by atoms with E-state index >= 15 is 0 Å². The van der Waals surface area contributed by atoms with Crippen molar-refractivity contribution in [3.63, 3.8) is 0 Å². The Morgan fingerprint density at radius 1 is 1.13 bits per heavy atom. The Hall–Kier alpha value is -3.06. The molecule has 7 heteroatoms. The van der Waals surface area contributed by atoms with Crippen molar-refractivity contribution in [2.75, 3.05) is 6.54 Å². The normalized spacial score (nSPS) is 15.7. The van der Waals surface area contributed by atoms with Gasteiger partial charge in [0.25, 0.3) is 0 Å². The van der Waals surface area contributed by atoms with Gasteiger partial charge >= 0.3 is 0 Å². The van der Waals surface area contributed by atoms with E-state index in [9.17, 15) is 9.59 Å². The highest BCUT2D eigenvalue weighted by molar-refractivity contribution is 7.09. The molecule has 1 aromatic carbocycles. The van der Waals surface area contributed by atoms with Crippen LogP contribution in [0.4, 0.5) is 0 Å². The van der Waals surface area contributed by atoms with Crippen molar-refractivity contribution in [1.29, 1.82) is 0 Å². The van der Waals surface area contributed by atoms with Crippen LogP contribution in [0.3, 0.4) is 0 Å². The Morgan fingerprint density at radius 3 is 2.81 bits per heavy atom. The Morgan fingerprint density at radius 2 is 2.00 bits per heavy atom. The number of hydrogen-bond donors (Lipinski definition) is 1. The van der Waals surface area contributed by atoms with Crippen LogP contribution >= 0.6 is 11.3 Å². The molecule has 0 spiro atoms. The van der Waals surface area contributed by atoms with E-state index in [0.717, 1.165) is 42.1 Å². The van der Waals surface area contributed by atoms with Crippen LogP contribution in [0.2, 0.25) is 0 Å². The van der Waals surface area contributed by atoms with Gasteiger partial charge in [-0.25, -0.2) is 4.98 Å². The lowest BCUT2D eigenvalue weighted by Crippen LogP contribution is -2.32. The van der Waals surface area contributed by atoms with Gasteiger partial charge in [-0.2, -0.15) is 0 Å². The molecule has 160 valence electrons. The number of aromatic nitrogens is 2. The van der Waals surface area contributed by atoms with E-state index in [1.54, 1.807) is 6.20 Å². The summed E-state index contributed by atoms with van der Waals surface area (Å²) in [6.45, 7) is 1.15. The molecule has 4 rings (SSSR count). The molecule has 1 unspecified atom stereocenters. The number of amides is 2. The second kappa shape index (κ2) is 10.3. The van der Waals surface area contributed by atoms with E-state index in [2.05, 4.69) is 27.4 Å². The van der Waals surface area contributed by atoms with Crippen LogP contribution in [0, 0.1) is 0 Å². The number of rotatable bonds is 8. The van der Waals surface area contributed by atoms with E-state index in [0.29, 0.717) is 6.54 Å². The quantitative estimate of drug-likeness (QED) is 0.584. The van der Waals surface area contributed by atoms with E-state index in [-0.39, 0.29) is 30.7 Å². The van der Waals surface area contributed by atoms with Gasteiger partial charge in [0.05, 0.1) is 18.3 Å². The molecule has 6 nitrogen and oxygen atoms in total. The number of nitrogens with one attached hydrogen (secondary N) is 1. The fraction of sp³-hybridized carbons (Fsp3) is 0.333. The Bertz CT molecular complexity index is 1010. The zero-order valence-corrected chi connectivity index (χ0v) is 18.2. The van der Waals surface area contributed by atoms with Crippen molar-refractivity contribution in [2.24, 2.45) is 0 Å². The summed E-state index contributed by atoms with van der Waals surface area (Å²) in [6.07, 6.45) is 6.73. The lowest BCUT2D eigenvalue weighted by molar-refractivity contribution is -0.134. The van der Waals surface area contributed by atoms with Gasteiger partial charge in [0.1, 0.15) is 5.01 Å². The van der Waals surface area contributed by atoms with Gasteiger partial charge in [-0.15, -0.1) is 11.3 Å². The van der Waals surface area contributed by atoms with Gasteiger partial charge < -0.3 is 10.2 Å². The molecule has 3 aromatic rings. The fourth-order valence-electron chi connectivity index (χ4n) is 3.94. The molecule has 0 bridgehead atoms. The summed E-state index contributed by atoms with van der Waals surface area (Å²) >= 11 is 1.53. The van der Waals surface area contributed by atoms with Crippen molar-refractivity contribution in [3.05, 3.63) is 82.1 Å². The first-order chi connectivity index (χ1) is 15.2. The number of hydrogen-bond acceptors (Lipinski definition) is 5. The maximum atomic E-state index is 12.7. The molecule has 0 radical (unpaired) electrons. The van der Waals surface area contributed by atoms with Gasteiger partial charge in [0.2, 0.25) is 11.8 Å². The third-order valence-electron chi connectivity index (χ3n) is 5.47. The van der Waals surface area contributed by atoms with Crippen molar-refractivity contribution in [3.8, 4) is 0 Å². The third-order valence-corrected chi connectivity index (χ3v) is 6.37. The highest BCUT2D eigenvalue weighted by Gasteiger charge is 2.29. The van der Waals surface area contributed by atoms with Crippen LogP contribution in [-0.4, -0.2) is 33.2 Å². The van der Waals surface area contributed by atoms with Gasteiger partial charge in [-0.1, -0.05) is 36.4 Å². The molecule has 31 heavy (non-hydrogen) atoms. The predicted octanol–water partition coefficient (Wildman–Crippen LogP) is 3.89. The molecule has 0 saturated carbocycles. The zero-order chi connectivity index (χ0) is 21.5. The first-order valence-electron chi connectivity index (χ1n) is 10.6. The highest BCUT2D eigenvalue weighted by atomic mass is 32.1. The standard InChI is InChI=1S/C24H26N4O2S/c29-22(26-16-23-27-20(17-31-23)14-18-6-4-12-25-15-18)10-11-24(30)28-13-5-9-21(28)19-7-2-1-3-8-19/h1-4,6-8,12,15,17,21H,5,9-11,13-14,16H2,(H,26,29). The SMILES string of the molecule is O=C(CCC(=O)N1CCCC1c1ccccc1)NCc1nc(Cc2cccnc2)cs1. The van der Waals surface area contributed by atoms with Gasteiger partial charge in [0.15, 0.2) is 0 Å². The van der Waals surface area contributed by atoms with Gasteiger partial charge in [-0.05, 0) is 30.0 Å². The topological polar surface area (TPSA) is 75.2 Å². The van der Waals surface area contributed by atoms with Crippen LogP contribution in [0.5, 0.6) is 0 Å². The molecule has 1 atom stereocenters. The molecule has 1 fully saturated rings. The summed E-state index contributed by atoms with van der Waals surface area (Å²) in [6, 6.07) is 14.2. The number of carbonyl (C=O) groups is 2. The molecule has 1 aliphatic rings. The first kappa shape index (κ1) is 21.2. The lowest BCUT2D eigenvalue weighted by atomic mass is 10.0. The Kier molecular flexibility index (Phi) is 7.04. The number of nitrogens with zero attached hydrogens (tertiary/aromatic N) is 3. The smallest absolute Gasteiger partial charge is 0.223 e. The summed E-state index contributed by atoms with van der Waals surface area (Å²) in [4.78, 5) is 35.6. The first-order valence-corrected chi connectivity index (χ1v) is 11.5. The number of pyridine rings is 1. The highest BCUT2D eigenvalue weighted by Crippen LogP contribution is 2.32. The molecule has 3 heterocycles. The Balaban J connectivity index is 1.22. The molecular weight excluding hydrogens is 408 g/mol. The van der Waals surface area contributed by atoms with E-state index in [1.807, 2.05) is 46.8 Å². The van der Waals surface area contributed by atoms with Crippen LogP contribution in [0.25, 0.3) is 0 Å². The summed E-state index contributed by atoms with van der Waals surface area (Å²) < 4.78 is 0. The van der Waals surface area contributed by atoms with Crippen LogP contribution in [-0.2, 0) is 22.6 Å². The largest absolute Gasteiger partial charge is 0.350 e. The lowest BCUT2D eigenvalue weighted by Gasteiger charge is -2.25. The number of carbonyl (C=O) groups excluding carboxylic acids is 2. The zero-order valence-electron chi connectivity index (χ0n) is 17.4. The minimum absolute atomic E-state index is 0.0505. The molecular formula is C24H26N4O2S. The summed E-state index contributed by atoms with van der Waals surface area (Å²) in [5.74, 6) is -0.0673.